The van der Waals surface area contributed by atoms with Gasteiger partial charge in [0.25, 0.3) is 0 Å². The minimum atomic E-state index is 0.0939. The number of rotatable bonds is 6. The molecule has 2 aromatic rings. The lowest BCUT2D eigenvalue weighted by molar-refractivity contribution is -0.129. The molecule has 1 aliphatic heterocycles. The molecule has 29 heavy (non-hydrogen) atoms. The highest BCUT2D eigenvalue weighted by molar-refractivity contribution is 5.79. The van der Waals surface area contributed by atoms with Gasteiger partial charge in [0, 0.05) is 25.1 Å². The van der Waals surface area contributed by atoms with Crippen LogP contribution in [0.4, 0.5) is 0 Å². The summed E-state index contributed by atoms with van der Waals surface area (Å²) in [6, 6.07) is 9.76. The molecule has 0 N–H and O–H groups in total. The molecule has 2 aliphatic rings. The van der Waals surface area contributed by atoms with Gasteiger partial charge in [0.05, 0.1) is 20.6 Å². The molecular weight excluding hydrogens is 370 g/mol. The minimum Gasteiger partial charge on any atom is -0.493 e. The van der Waals surface area contributed by atoms with Crippen LogP contribution in [-0.2, 0) is 17.6 Å². The van der Waals surface area contributed by atoms with E-state index in [0.717, 1.165) is 42.1 Å². The summed E-state index contributed by atoms with van der Waals surface area (Å²) in [7, 11) is 5.22. The standard InChI is InChI=1S/C23H27NO5/c1-24(22(25)12-15-7-9-19-21(11-15)29-14-28-19)13-16-5-4-6-18-17(16)8-10-20(26-2)23(18)27-3/h7-11,16H,4-6,12-14H2,1-3H3/t16-/m0/s1. The lowest BCUT2D eigenvalue weighted by Crippen LogP contribution is -2.33. The molecule has 0 saturated heterocycles. The molecule has 1 heterocycles. The van der Waals surface area contributed by atoms with Crippen molar-refractivity contribution < 1.29 is 23.7 Å². The number of carbonyl (C=O) groups excluding carboxylic acids is 1. The third-order valence-corrected chi connectivity index (χ3v) is 5.82. The smallest absolute Gasteiger partial charge is 0.231 e. The fourth-order valence-corrected chi connectivity index (χ4v) is 4.31. The van der Waals surface area contributed by atoms with Crippen LogP contribution in [0.15, 0.2) is 30.3 Å². The van der Waals surface area contributed by atoms with Crippen LogP contribution in [0, 0.1) is 0 Å². The summed E-state index contributed by atoms with van der Waals surface area (Å²) < 4.78 is 21.8. The van der Waals surface area contributed by atoms with Crippen molar-refractivity contribution in [1.29, 1.82) is 0 Å². The van der Waals surface area contributed by atoms with Crippen LogP contribution in [0.5, 0.6) is 23.0 Å². The first-order chi connectivity index (χ1) is 14.1. The molecule has 0 radical (unpaired) electrons. The van der Waals surface area contributed by atoms with Crippen molar-refractivity contribution in [2.45, 2.75) is 31.6 Å². The maximum atomic E-state index is 12.8. The van der Waals surface area contributed by atoms with E-state index in [1.165, 1.54) is 11.1 Å². The topological polar surface area (TPSA) is 57.2 Å². The number of carbonyl (C=O) groups is 1. The zero-order valence-electron chi connectivity index (χ0n) is 17.2. The first kappa shape index (κ1) is 19.4. The molecule has 6 nitrogen and oxygen atoms in total. The lowest BCUT2D eigenvalue weighted by atomic mass is 9.82. The van der Waals surface area contributed by atoms with Gasteiger partial charge >= 0.3 is 0 Å². The highest BCUT2D eigenvalue weighted by Gasteiger charge is 2.27. The van der Waals surface area contributed by atoms with Gasteiger partial charge in [-0.05, 0) is 48.6 Å². The van der Waals surface area contributed by atoms with E-state index in [-0.39, 0.29) is 12.7 Å². The molecular formula is C23H27NO5. The van der Waals surface area contributed by atoms with Gasteiger partial charge in [-0.25, -0.2) is 0 Å². The number of ether oxygens (including phenoxy) is 4. The number of hydrogen-bond acceptors (Lipinski definition) is 5. The number of nitrogens with zero attached hydrogens (tertiary/aromatic N) is 1. The Hall–Kier alpha value is -2.89. The Bertz CT molecular complexity index is 910. The van der Waals surface area contributed by atoms with Crippen molar-refractivity contribution in [3.63, 3.8) is 0 Å². The van der Waals surface area contributed by atoms with Gasteiger partial charge in [-0.15, -0.1) is 0 Å². The van der Waals surface area contributed by atoms with Gasteiger partial charge in [-0.1, -0.05) is 12.1 Å². The summed E-state index contributed by atoms with van der Waals surface area (Å²) in [5.74, 6) is 3.42. The minimum absolute atomic E-state index is 0.0939. The third-order valence-electron chi connectivity index (χ3n) is 5.82. The third kappa shape index (κ3) is 3.84. The van der Waals surface area contributed by atoms with Gasteiger partial charge in [0.1, 0.15) is 0 Å². The van der Waals surface area contributed by atoms with Gasteiger partial charge in [0.2, 0.25) is 12.7 Å². The number of likely N-dealkylation sites (N-methyl/N-ethyl adjacent to an activating group) is 1. The molecule has 154 valence electrons. The van der Waals surface area contributed by atoms with Crippen LogP contribution < -0.4 is 18.9 Å². The van der Waals surface area contributed by atoms with Crippen molar-refractivity contribution in [2.24, 2.45) is 0 Å². The molecule has 0 aromatic heterocycles. The Morgan fingerprint density at radius 3 is 2.76 bits per heavy atom. The average Bonchev–Trinajstić information content (AvgIpc) is 3.20. The zero-order chi connectivity index (χ0) is 20.4. The van der Waals surface area contributed by atoms with Crippen LogP contribution >= 0.6 is 0 Å². The molecule has 0 unspecified atom stereocenters. The first-order valence-electron chi connectivity index (χ1n) is 9.97. The van der Waals surface area contributed by atoms with E-state index in [9.17, 15) is 4.79 Å². The Kier molecular flexibility index (Phi) is 5.51. The maximum absolute atomic E-state index is 12.8. The van der Waals surface area contributed by atoms with Crippen molar-refractivity contribution in [3.8, 4) is 23.0 Å². The van der Waals surface area contributed by atoms with Crippen LogP contribution in [0.3, 0.4) is 0 Å². The number of amides is 1. The van der Waals surface area contributed by atoms with E-state index in [0.29, 0.717) is 24.6 Å². The fourth-order valence-electron chi connectivity index (χ4n) is 4.31. The molecule has 1 amide bonds. The van der Waals surface area contributed by atoms with Crippen molar-refractivity contribution in [1.82, 2.24) is 4.90 Å². The summed E-state index contributed by atoms with van der Waals surface area (Å²) in [4.78, 5) is 14.7. The Balaban J connectivity index is 1.46. The Morgan fingerprint density at radius 1 is 1.14 bits per heavy atom. The summed E-state index contributed by atoms with van der Waals surface area (Å²) in [6.45, 7) is 0.924. The van der Waals surface area contributed by atoms with E-state index < -0.39 is 0 Å². The molecule has 4 rings (SSSR count). The maximum Gasteiger partial charge on any atom is 0.231 e. The molecule has 1 aliphatic carbocycles. The molecule has 0 fully saturated rings. The highest BCUT2D eigenvalue weighted by Crippen LogP contribution is 2.42. The largest absolute Gasteiger partial charge is 0.493 e. The second kappa shape index (κ2) is 8.23. The Labute approximate surface area is 171 Å². The lowest BCUT2D eigenvalue weighted by Gasteiger charge is -2.31. The SMILES string of the molecule is COc1ccc2c(c1OC)CCC[C@H]2CN(C)C(=O)Cc1ccc2c(c1)OCO2. The second-order valence-corrected chi connectivity index (χ2v) is 7.60. The predicted octanol–water partition coefficient (Wildman–Crippen LogP) is 3.55. The quantitative estimate of drug-likeness (QED) is 0.746. The average molecular weight is 397 g/mol. The Morgan fingerprint density at radius 2 is 1.97 bits per heavy atom. The predicted molar refractivity (Wildman–Crippen MR) is 109 cm³/mol. The molecule has 0 bridgehead atoms. The zero-order valence-corrected chi connectivity index (χ0v) is 17.2. The van der Waals surface area contributed by atoms with Crippen LogP contribution in [0.2, 0.25) is 0 Å². The molecule has 2 aromatic carbocycles. The van der Waals surface area contributed by atoms with Crippen LogP contribution in [0.1, 0.15) is 35.4 Å². The van der Waals surface area contributed by atoms with Gasteiger partial charge in [-0.2, -0.15) is 0 Å². The molecule has 6 heteroatoms. The van der Waals surface area contributed by atoms with Crippen LogP contribution in [0.25, 0.3) is 0 Å². The molecule has 1 atom stereocenters. The summed E-state index contributed by atoms with van der Waals surface area (Å²) in [6.07, 6.45) is 3.45. The molecule has 0 spiro atoms. The van der Waals surface area contributed by atoms with Crippen molar-refractivity contribution >= 4 is 5.91 Å². The van der Waals surface area contributed by atoms with Gasteiger partial charge in [-0.3, -0.25) is 4.79 Å². The first-order valence-corrected chi connectivity index (χ1v) is 9.97. The van der Waals surface area contributed by atoms with E-state index in [4.69, 9.17) is 18.9 Å². The summed E-state index contributed by atoms with van der Waals surface area (Å²) in [5.41, 5.74) is 3.40. The van der Waals surface area contributed by atoms with E-state index in [2.05, 4.69) is 6.07 Å². The van der Waals surface area contributed by atoms with Gasteiger partial charge < -0.3 is 23.8 Å². The number of hydrogen-bond donors (Lipinski definition) is 0. The van der Waals surface area contributed by atoms with E-state index in [1.54, 1.807) is 14.2 Å². The second-order valence-electron chi connectivity index (χ2n) is 7.60. The monoisotopic (exact) mass is 397 g/mol. The van der Waals surface area contributed by atoms with Crippen molar-refractivity contribution in [2.75, 3.05) is 34.6 Å². The van der Waals surface area contributed by atoms with Crippen LogP contribution in [-0.4, -0.2) is 45.4 Å². The van der Waals surface area contributed by atoms with E-state index in [1.807, 2.05) is 36.2 Å². The van der Waals surface area contributed by atoms with Crippen molar-refractivity contribution in [3.05, 3.63) is 47.0 Å². The molecule has 0 saturated carbocycles. The summed E-state index contributed by atoms with van der Waals surface area (Å²) >= 11 is 0. The number of methoxy groups -OCH3 is 2. The highest BCUT2D eigenvalue weighted by atomic mass is 16.7. The number of benzene rings is 2. The summed E-state index contributed by atoms with van der Waals surface area (Å²) in [5, 5.41) is 0. The fraction of sp³-hybridized carbons (Fsp3) is 0.435. The van der Waals surface area contributed by atoms with E-state index >= 15 is 0 Å². The van der Waals surface area contributed by atoms with Gasteiger partial charge in [0.15, 0.2) is 23.0 Å². The normalized spacial score (nSPS) is 16.9. The number of fused-ring (bicyclic) bond motifs is 2.